The summed E-state index contributed by atoms with van der Waals surface area (Å²) in [4.78, 5) is 7.61. The normalized spacial score (nSPS) is 15.6. The van der Waals surface area contributed by atoms with Crippen LogP contribution in [0.2, 0.25) is 0 Å². The third-order valence-electron chi connectivity index (χ3n) is 6.38. The van der Waals surface area contributed by atoms with Crippen LogP contribution < -0.4 is 4.90 Å². The molecule has 1 saturated heterocycles. The Bertz CT molecular complexity index is 1030. The van der Waals surface area contributed by atoms with E-state index in [9.17, 15) is 0 Å². The fraction of sp³-hybridized carbons (Fsp3) is 0.458. The van der Waals surface area contributed by atoms with E-state index in [1.54, 1.807) is 0 Å². The van der Waals surface area contributed by atoms with E-state index in [1.807, 2.05) is 0 Å². The van der Waals surface area contributed by atoms with Gasteiger partial charge in [0.15, 0.2) is 0 Å². The molecule has 0 aliphatic carbocycles. The lowest BCUT2D eigenvalue weighted by atomic mass is 9.98. The maximum atomic E-state index is 5.03. The summed E-state index contributed by atoms with van der Waals surface area (Å²) in [5, 5.41) is 1.32. The first-order valence-electron chi connectivity index (χ1n) is 10.3. The Balaban J connectivity index is 1.99. The van der Waals surface area contributed by atoms with Crippen molar-refractivity contribution in [1.29, 1.82) is 0 Å². The molecule has 3 aromatic rings. The first kappa shape index (κ1) is 19.5. The van der Waals surface area contributed by atoms with Gasteiger partial charge >= 0.3 is 0 Å². The second-order valence-electron chi connectivity index (χ2n) is 8.58. The molecule has 0 amide bonds. The number of benzene rings is 1. The predicted octanol–water partition coefficient (Wildman–Crippen LogP) is 6.57. The summed E-state index contributed by atoms with van der Waals surface area (Å²) >= 11 is 3.64. The number of fused-ring (bicyclic) bond motifs is 1. The van der Waals surface area contributed by atoms with Crippen LogP contribution in [0, 0.1) is 40.5 Å². The SMILES string of the molecule is Cc1cc(N2CCC(C)CC2)c2c(C)c(C)n(-c3c(C)cc(Br)cc3C)c2n1. The van der Waals surface area contributed by atoms with Crippen molar-refractivity contribution in [1.82, 2.24) is 9.55 Å². The topological polar surface area (TPSA) is 21.1 Å². The molecule has 0 bridgehead atoms. The lowest BCUT2D eigenvalue weighted by molar-refractivity contribution is 0.439. The third kappa shape index (κ3) is 3.16. The lowest BCUT2D eigenvalue weighted by Gasteiger charge is -2.33. The number of hydrogen-bond acceptors (Lipinski definition) is 2. The summed E-state index contributed by atoms with van der Waals surface area (Å²) in [6, 6.07) is 6.69. The molecule has 0 spiro atoms. The Kier molecular flexibility index (Phi) is 5.03. The monoisotopic (exact) mass is 439 g/mol. The highest BCUT2D eigenvalue weighted by atomic mass is 79.9. The van der Waals surface area contributed by atoms with Crippen molar-refractivity contribution in [3.63, 3.8) is 0 Å². The number of aryl methyl sites for hydroxylation is 4. The average molecular weight is 440 g/mol. The first-order chi connectivity index (χ1) is 13.3. The summed E-state index contributed by atoms with van der Waals surface area (Å²) in [6.07, 6.45) is 2.54. The zero-order chi connectivity index (χ0) is 20.2. The summed E-state index contributed by atoms with van der Waals surface area (Å²) < 4.78 is 3.51. The van der Waals surface area contributed by atoms with Gasteiger partial charge in [-0.3, -0.25) is 4.57 Å². The number of rotatable bonds is 2. The van der Waals surface area contributed by atoms with E-state index in [1.165, 1.54) is 52.0 Å². The quantitative estimate of drug-likeness (QED) is 0.450. The molecule has 3 nitrogen and oxygen atoms in total. The number of hydrogen-bond donors (Lipinski definition) is 0. The standard InChI is InChI=1S/C24H30BrN3/c1-14-7-9-27(10-8-14)21-13-17(4)26-24-22(21)18(5)19(6)28(24)23-15(2)11-20(25)12-16(23)3/h11-14H,7-10H2,1-6H3. The van der Waals surface area contributed by atoms with Crippen molar-refractivity contribution in [2.45, 2.75) is 54.4 Å². The molecule has 1 aliphatic heterocycles. The van der Waals surface area contributed by atoms with E-state index in [4.69, 9.17) is 4.98 Å². The van der Waals surface area contributed by atoms with Crippen LogP contribution in [-0.4, -0.2) is 22.6 Å². The molecule has 0 saturated carbocycles. The fourth-order valence-electron chi connectivity index (χ4n) is 4.70. The highest BCUT2D eigenvalue weighted by Crippen LogP contribution is 2.38. The molecule has 0 N–H and O–H groups in total. The van der Waals surface area contributed by atoms with Gasteiger partial charge in [0.25, 0.3) is 0 Å². The Morgan fingerprint density at radius 1 is 0.964 bits per heavy atom. The fourth-order valence-corrected chi connectivity index (χ4v) is 5.38. The van der Waals surface area contributed by atoms with Crippen molar-refractivity contribution < 1.29 is 0 Å². The second kappa shape index (κ2) is 7.22. The molecule has 28 heavy (non-hydrogen) atoms. The van der Waals surface area contributed by atoms with E-state index >= 15 is 0 Å². The Labute approximate surface area is 176 Å². The zero-order valence-corrected chi connectivity index (χ0v) is 19.4. The van der Waals surface area contributed by atoms with Crippen molar-refractivity contribution in [2.24, 2.45) is 5.92 Å². The van der Waals surface area contributed by atoms with Gasteiger partial charge in [0.2, 0.25) is 0 Å². The predicted molar refractivity (Wildman–Crippen MR) is 123 cm³/mol. The van der Waals surface area contributed by atoms with Gasteiger partial charge in [0, 0.05) is 40.0 Å². The molecule has 1 aliphatic rings. The van der Waals surface area contributed by atoms with Gasteiger partial charge in [0.1, 0.15) is 5.65 Å². The van der Waals surface area contributed by atoms with Crippen LogP contribution in [0.4, 0.5) is 5.69 Å². The number of anilines is 1. The second-order valence-corrected chi connectivity index (χ2v) is 9.50. The molecular formula is C24H30BrN3. The van der Waals surface area contributed by atoms with Crippen LogP contribution in [0.5, 0.6) is 0 Å². The Morgan fingerprint density at radius 2 is 1.57 bits per heavy atom. The molecule has 0 unspecified atom stereocenters. The maximum Gasteiger partial charge on any atom is 0.147 e. The van der Waals surface area contributed by atoms with Gasteiger partial charge in [-0.05, 0) is 88.3 Å². The minimum Gasteiger partial charge on any atom is -0.371 e. The molecule has 2 aromatic heterocycles. The number of halogens is 1. The van der Waals surface area contributed by atoms with Crippen LogP contribution in [0.1, 0.15) is 47.8 Å². The van der Waals surface area contributed by atoms with Gasteiger partial charge in [-0.25, -0.2) is 4.98 Å². The van der Waals surface area contributed by atoms with Gasteiger partial charge in [0.05, 0.1) is 5.69 Å². The molecular weight excluding hydrogens is 410 g/mol. The van der Waals surface area contributed by atoms with Gasteiger partial charge in [-0.1, -0.05) is 22.9 Å². The van der Waals surface area contributed by atoms with Crippen molar-refractivity contribution >= 4 is 32.7 Å². The number of nitrogens with zero attached hydrogens (tertiary/aromatic N) is 3. The van der Waals surface area contributed by atoms with Crippen molar-refractivity contribution in [3.8, 4) is 5.69 Å². The Morgan fingerprint density at radius 3 is 2.18 bits per heavy atom. The van der Waals surface area contributed by atoms with Gasteiger partial charge in [-0.2, -0.15) is 0 Å². The summed E-state index contributed by atoms with van der Waals surface area (Å²) in [5.41, 5.74) is 9.97. The van der Waals surface area contributed by atoms with E-state index in [-0.39, 0.29) is 0 Å². The zero-order valence-electron chi connectivity index (χ0n) is 17.9. The molecule has 0 radical (unpaired) electrons. The van der Waals surface area contributed by atoms with E-state index in [0.29, 0.717) is 0 Å². The molecule has 1 aromatic carbocycles. The van der Waals surface area contributed by atoms with Crippen molar-refractivity contribution in [3.05, 3.63) is 50.8 Å². The molecule has 1 fully saturated rings. The summed E-state index contributed by atoms with van der Waals surface area (Å²) in [7, 11) is 0. The van der Waals surface area contributed by atoms with Gasteiger partial charge < -0.3 is 4.90 Å². The summed E-state index contributed by atoms with van der Waals surface area (Å²) in [6.45, 7) is 15.6. The molecule has 3 heterocycles. The van der Waals surface area contributed by atoms with Crippen LogP contribution in [0.3, 0.4) is 0 Å². The number of piperidine rings is 1. The minimum absolute atomic E-state index is 0.829. The van der Waals surface area contributed by atoms with E-state index in [0.717, 1.165) is 34.8 Å². The highest BCUT2D eigenvalue weighted by molar-refractivity contribution is 9.10. The molecule has 0 atom stereocenters. The highest BCUT2D eigenvalue weighted by Gasteiger charge is 2.24. The van der Waals surface area contributed by atoms with Crippen LogP contribution >= 0.6 is 15.9 Å². The Hall–Kier alpha value is -1.81. The maximum absolute atomic E-state index is 5.03. The molecule has 4 rings (SSSR count). The molecule has 148 valence electrons. The largest absolute Gasteiger partial charge is 0.371 e. The minimum atomic E-state index is 0.829. The van der Waals surface area contributed by atoms with Crippen molar-refractivity contribution in [2.75, 3.05) is 18.0 Å². The summed E-state index contributed by atoms with van der Waals surface area (Å²) in [5.74, 6) is 0.829. The van der Waals surface area contributed by atoms with E-state index < -0.39 is 0 Å². The molecule has 4 heteroatoms. The van der Waals surface area contributed by atoms with Crippen LogP contribution in [0.15, 0.2) is 22.7 Å². The van der Waals surface area contributed by atoms with Crippen LogP contribution in [-0.2, 0) is 0 Å². The third-order valence-corrected chi connectivity index (χ3v) is 6.83. The number of aromatic nitrogens is 2. The lowest BCUT2D eigenvalue weighted by Crippen LogP contribution is -2.33. The number of pyridine rings is 1. The average Bonchev–Trinajstić information content (AvgIpc) is 2.86. The first-order valence-corrected chi connectivity index (χ1v) is 11.1. The van der Waals surface area contributed by atoms with E-state index in [2.05, 4.69) is 85.1 Å². The smallest absolute Gasteiger partial charge is 0.147 e. The van der Waals surface area contributed by atoms with Crippen LogP contribution in [0.25, 0.3) is 16.7 Å². The van der Waals surface area contributed by atoms with Gasteiger partial charge in [-0.15, -0.1) is 0 Å².